The monoisotopic (exact) mass is 396 g/mol. The van der Waals surface area contributed by atoms with Crippen molar-refractivity contribution in [1.29, 1.82) is 0 Å². The van der Waals surface area contributed by atoms with E-state index in [-0.39, 0.29) is 25.7 Å². The molecule has 0 saturated heterocycles. The molecule has 0 radical (unpaired) electrons. The molecule has 1 aliphatic rings. The molecule has 0 spiro atoms. The molecule has 1 fully saturated rings. The zero-order valence-electron chi connectivity index (χ0n) is 18.0. The van der Waals surface area contributed by atoms with E-state index in [4.69, 9.17) is 14.2 Å². The van der Waals surface area contributed by atoms with E-state index in [0.717, 1.165) is 0 Å². The first kappa shape index (κ1) is 23.9. The summed E-state index contributed by atoms with van der Waals surface area (Å²) in [4.78, 5) is 50.7. The molecule has 7 heteroatoms. The molecule has 1 rings (SSSR count). The van der Waals surface area contributed by atoms with Crippen LogP contribution in [0, 0.1) is 11.3 Å². The van der Waals surface area contributed by atoms with Crippen molar-refractivity contribution in [3.63, 3.8) is 0 Å². The summed E-state index contributed by atoms with van der Waals surface area (Å²) in [5.41, 5.74) is -2.92. The Kier molecular flexibility index (Phi) is 7.20. The van der Waals surface area contributed by atoms with E-state index in [9.17, 15) is 19.2 Å². The average Bonchev–Trinajstić information content (AvgIpc) is 2.50. The third-order valence-electron chi connectivity index (χ3n) is 4.30. The van der Waals surface area contributed by atoms with Crippen molar-refractivity contribution in [1.82, 2.24) is 0 Å². The van der Waals surface area contributed by atoms with Crippen LogP contribution in [0.3, 0.4) is 0 Å². The highest BCUT2D eigenvalue weighted by Gasteiger charge is 2.53. The predicted octanol–water partition coefficient (Wildman–Crippen LogP) is 3.14. The van der Waals surface area contributed by atoms with Gasteiger partial charge in [0.1, 0.15) is 22.9 Å². The number of ether oxygens (including phenoxy) is 3. The standard InChI is InChI=1S/C21H32O7/c1-13-11-14(16(23)26-8)15(22)9-10-21(12-13,17(24)27-19(2,3)4)18(25)28-20(5,6)7/h14H,1,9-12H2,2-8H3. The van der Waals surface area contributed by atoms with Gasteiger partial charge < -0.3 is 14.2 Å². The van der Waals surface area contributed by atoms with Crippen LogP contribution in [-0.2, 0) is 33.4 Å². The maximum absolute atomic E-state index is 13.1. The molecule has 1 aliphatic carbocycles. The molecular weight excluding hydrogens is 364 g/mol. The van der Waals surface area contributed by atoms with E-state index < -0.39 is 46.2 Å². The lowest BCUT2D eigenvalue weighted by Gasteiger charge is -2.36. The van der Waals surface area contributed by atoms with Gasteiger partial charge in [-0.3, -0.25) is 19.2 Å². The lowest BCUT2D eigenvalue weighted by molar-refractivity contribution is -0.186. The summed E-state index contributed by atoms with van der Waals surface area (Å²) in [6.07, 6.45) is -0.315. The van der Waals surface area contributed by atoms with E-state index >= 15 is 0 Å². The number of Topliss-reactive ketones (excluding diaryl/α,β-unsaturated/α-hetero) is 1. The molecule has 0 N–H and O–H groups in total. The molecule has 0 aromatic rings. The number of esters is 3. The number of hydrogen-bond donors (Lipinski definition) is 0. The summed E-state index contributed by atoms with van der Waals surface area (Å²) < 4.78 is 15.7. The minimum absolute atomic E-state index is 0.0128. The fourth-order valence-corrected chi connectivity index (χ4v) is 3.04. The Morgan fingerprint density at radius 2 is 1.46 bits per heavy atom. The normalized spacial score (nSPS) is 20.6. The van der Waals surface area contributed by atoms with Gasteiger partial charge in [0.2, 0.25) is 0 Å². The van der Waals surface area contributed by atoms with Gasteiger partial charge in [-0.1, -0.05) is 12.2 Å². The lowest BCUT2D eigenvalue weighted by Crippen LogP contribution is -2.48. The van der Waals surface area contributed by atoms with Crippen LogP contribution in [-0.4, -0.2) is 42.0 Å². The Labute approximate surface area is 166 Å². The van der Waals surface area contributed by atoms with Gasteiger partial charge in [0.05, 0.1) is 7.11 Å². The van der Waals surface area contributed by atoms with Crippen LogP contribution in [0.1, 0.15) is 67.2 Å². The zero-order valence-corrected chi connectivity index (χ0v) is 18.0. The minimum atomic E-state index is -1.69. The zero-order chi connectivity index (χ0) is 21.9. The second-order valence-electron chi connectivity index (χ2n) is 9.26. The number of carbonyl (C=O) groups is 4. The van der Waals surface area contributed by atoms with Crippen molar-refractivity contribution in [2.24, 2.45) is 11.3 Å². The SMILES string of the molecule is C=C1CC(C(=O)OC)C(=O)CCC(C(=O)OC(C)(C)C)(C(=O)OC(C)(C)C)C1. The van der Waals surface area contributed by atoms with Crippen LogP contribution in [0.15, 0.2) is 12.2 Å². The Morgan fingerprint density at radius 3 is 1.86 bits per heavy atom. The highest BCUT2D eigenvalue weighted by molar-refractivity contribution is 6.03. The molecule has 1 atom stereocenters. The van der Waals surface area contributed by atoms with E-state index in [2.05, 4.69) is 6.58 Å². The molecule has 0 aliphatic heterocycles. The number of rotatable bonds is 3. The summed E-state index contributed by atoms with van der Waals surface area (Å²) in [5, 5.41) is 0. The van der Waals surface area contributed by atoms with E-state index in [1.165, 1.54) is 7.11 Å². The Bertz CT molecular complexity index is 633. The molecular formula is C21H32O7. The van der Waals surface area contributed by atoms with Gasteiger partial charge in [0.15, 0.2) is 5.41 Å². The molecule has 0 heterocycles. The smallest absolute Gasteiger partial charge is 0.324 e. The summed E-state index contributed by atoms with van der Waals surface area (Å²) in [7, 11) is 1.21. The van der Waals surface area contributed by atoms with Gasteiger partial charge in [0, 0.05) is 6.42 Å². The van der Waals surface area contributed by atoms with Crippen molar-refractivity contribution in [2.45, 2.75) is 78.4 Å². The molecule has 0 aromatic heterocycles. The first-order valence-electron chi connectivity index (χ1n) is 9.35. The summed E-state index contributed by atoms with van der Waals surface area (Å²) >= 11 is 0. The highest BCUT2D eigenvalue weighted by Crippen LogP contribution is 2.41. The number of hydrogen-bond acceptors (Lipinski definition) is 7. The van der Waals surface area contributed by atoms with Crippen molar-refractivity contribution in [3.05, 3.63) is 12.2 Å². The second kappa shape index (κ2) is 8.45. The molecule has 0 amide bonds. The van der Waals surface area contributed by atoms with E-state index in [0.29, 0.717) is 5.57 Å². The van der Waals surface area contributed by atoms with Crippen LogP contribution in [0.25, 0.3) is 0 Å². The van der Waals surface area contributed by atoms with Gasteiger partial charge in [-0.25, -0.2) is 0 Å². The maximum Gasteiger partial charge on any atom is 0.324 e. The van der Waals surface area contributed by atoms with Crippen molar-refractivity contribution < 1.29 is 33.4 Å². The van der Waals surface area contributed by atoms with Gasteiger partial charge in [-0.05, 0) is 60.8 Å². The molecule has 158 valence electrons. The van der Waals surface area contributed by atoms with Crippen LogP contribution < -0.4 is 0 Å². The molecule has 1 saturated carbocycles. The number of carbonyl (C=O) groups excluding carboxylic acids is 4. The average molecular weight is 396 g/mol. The van der Waals surface area contributed by atoms with E-state index in [1.807, 2.05) is 0 Å². The second-order valence-corrected chi connectivity index (χ2v) is 9.26. The highest BCUT2D eigenvalue weighted by atomic mass is 16.6. The molecule has 28 heavy (non-hydrogen) atoms. The number of ketones is 1. The fourth-order valence-electron chi connectivity index (χ4n) is 3.04. The molecule has 1 unspecified atom stereocenters. The summed E-state index contributed by atoms with van der Waals surface area (Å²) in [6.45, 7) is 14.1. The van der Waals surface area contributed by atoms with Crippen LogP contribution in [0.2, 0.25) is 0 Å². The van der Waals surface area contributed by atoms with Gasteiger partial charge in [-0.2, -0.15) is 0 Å². The lowest BCUT2D eigenvalue weighted by atomic mass is 9.72. The van der Waals surface area contributed by atoms with Gasteiger partial charge in [-0.15, -0.1) is 0 Å². The van der Waals surface area contributed by atoms with Gasteiger partial charge >= 0.3 is 17.9 Å². The van der Waals surface area contributed by atoms with Crippen LogP contribution >= 0.6 is 0 Å². The first-order chi connectivity index (χ1) is 12.6. The Balaban J connectivity index is 3.33. The summed E-state index contributed by atoms with van der Waals surface area (Å²) in [5.74, 6) is -3.52. The quantitative estimate of drug-likeness (QED) is 0.313. The third kappa shape index (κ3) is 6.17. The van der Waals surface area contributed by atoms with Crippen molar-refractivity contribution in [3.8, 4) is 0 Å². The van der Waals surface area contributed by atoms with E-state index in [1.54, 1.807) is 41.5 Å². The fraction of sp³-hybridized carbons (Fsp3) is 0.714. The first-order valence-corrected chi connectivity index (χ1v) is 9.35. The number of methoxy groups -OCH3 is 1. The minimum Gasteiger partial charge on any atom is -0.468 e. The molecule has 7 nitrogen and oxygen atoms in total. The van der Waals surface area contributed by atoms with Crippen LogP contribution in [0.4, 0.5) is 0 Å². The Hall–Kier alpha value is -2.18. The molecule has 0 bridgehead atoms. The Morgan fingerprint density at radius 1 is 1.00 bits per heavy atom. The van der Waals surface area contributed by atoms with Crippen molar-refractivity contribution in [2.75, 3.05) is 7.11 Å². The maximum atomic E-state index is 13.1. The number of allylic oxidation sites excluding steroid dienone is 1. The van der Waals surface area contributed by atoms with Crippen LogP contribution in [0.5, 0.6) is 0 Å². The predicted molar refractivity (Wildman–Crippen MR) is 102 cm³/mol. The summed E-state index contributed by atoms with van der Waals surface area (Å²) in [6, 6.07) is 0. The largest absolute Gasteiger partial charge is 0.468 e. The topological polar surface area (TPSA) is 96.0 Å². The van der Waals surface area contributed by atoms with Crippen molar-refractivity contribution >= 4 is 23.7 Å². The third-order valence-corrected chi connectivity index (χ3v) is 4.30. The van der Waals surface area contributed by atoms with Gasteiger partial charge in [0.25, 0.3) is 0 Å². The molecule has 0 aromatic carbocycles.